The van der Waals surface area contributed by atoms with Crippen molar-refractivity contribution in [3.8, 4) is 11.1 Å². The Bertz CT molecular complexity index is 1420. The largest absolute Gasteiger partial charge is 0.354 e. The van der Waals surface area contributed by atoms with Crippen molar-refractivity contribution in [2.45, 2.75) is 44.6 Å². The van der Waals surface area contributed by atoms with Crippen molar-refractivity contribution >= 4 is 27.7 Å². The van der Waals surface area contributed by atoms with Crippen LogP contribution in [0.3, 0.4) is 0 Å². The molecule has 1 amide bonds. The normalized spacial score (nSPS) is 23.5. The van der Waals surface area contributed by atoms with E-state index in [0.717, 1.165) is 46.1 Å². The van der Waals surface area contributed by atoms with E-state index in [1.807, 2.05) is 6.92 Å². The Hall–Kier alpha value is -3.15. The van der Waals surface area contributed by atoms with Gasteiger partial charge in [0.2, 0.25) is 0 Å². The van der Waals surface area contributed by atoms with Crippen molar-refractivity contribution in [3.63, 3.8) is 0 Å². The van der Waals surface area contributed by atoms with E-state index in [-0.39, 0.29) is 24.2 Å². The van der Waals surface area contributed by atoms with Crippen molar-refractivity contribution in [1.29, 1.82) is 0 Å². The van der Waals surface area contributed by atoms with Crippen LogP contribution in [0, 0.1) is 0 Å². The number of ether oxygens (including phenoxy) is 2. The second-order valence-corrected chi connectivity index (χ2v) is 8.95. The van der Waals surface area contributed by atoms with Gasteiger partial charge < -0.3 is 19.8 Å². The van der Waals surface area contributed by atoms with Crippen LogP contribution >= 0.6 is 0 Å². The zero-order valence-electron chi connectivity index (χ0n) is 17.9. The summed E-state index contributed by atoms with van der Waals surface area (Å²) in [4.78, 5) is 16.9. The molecule has 0 spiro atoms. The van der Waals surface area contributed by atoms with Crippen LogP contribution in [0.1, 0.15) is 52.7 Å². The van der Waals surface area contributed by atoms with E-state index in [2.05, 4.69) is 58.8 Å². The smallest absolute Gasteiger partial charge is 0.252 e. The molecule has 4 aromatic rings. The van der Waals surface area contributed by atoms with Crippen LogP contribution < -0.4 is 5.32 Å². The predicted molar refractivity (Wildman–Crippen MR) is 124 cm³/mol. The van der Waals surface area contributed by atoms with Crippen LogP contribution in [-0.2, 0) is 16.0 Å². The van der Waals surface area contributed by atoms with E-state index < -0.39 is 0 Å². The second-order valence-electron chi connectivity index (χ2n) is 8.95. The molecule has 0 radical (unpaired) electrons. The lowest BCUT2D eigenvalue weighted by atomic mass is 9.86. The van der Waals surface area contributed by atoms with Gasteiger partial charge in [0.25, 0.3) is 5.91 Å². The number of aromatic amines is 1. The molecule has 0 bridgehead atoms. The standard InChI is InChI=1S/C27H24N2O3/c1-2-31-20-12-11-19(32-20)22-14-7-3-4-8-15(14)23-24-17(13-28-27(24)30)21-16-9-5-6-10-18(16)29-26(21)25(22)23/h3-10,19-20,22,29H,2,11-13H2,1H3,(H,28,30). The van der Waals surface area contributed by atoms with Crippen LogP contribution in [0.2, 0.25) is 0 Å². The molecule has 1 saturated heterocycles. The Balaban J connectivity index is 1.57. The maximum atomic E-state index is 13.1. The van der Waals surface area contributed by atoms with E-state index in [9.17, 15) is 4.79 Å². The van der Waals surface area contributed by atoms with E-state index in [1.54, 1.807) is 0 Å². The van der Waals surface area contributed by atoms with Crippen LogP contribution in [0.4, 0.5) is 0 Å². The summed E-state index contributed by atoms with van der Waals surface area (Å²) in [5.74, 6) is 0.0966. The van der Waals surface area contributed by atoms with Gasteiger partial charge in [-0.2, -0.15) is 0 Å². The number of nitrogens with one attached hydrogen (secondary N) is 2. The van der Waals surface area contributed by atoms with Crippen LogP contribution in [-0.4, -0.2) is 29.9 Å². The molecule has 5 heteroatoms. The van der Waals surface area contributed by atoms with Crippen molar-refractivity contribution in [1.82, 2.24) is 10.3 Å². The van der Waals surface area contributed by atoms with Gasteiger partial charge in [0.05, 0.1) is 17.2 Å². The first-order valence-electron chi connectivity index (χ1n) is 11.5. The predicted octanol–water partition coefficient (Wildman–Crippen LogP) is 5.22. The molecule has 7 rings (SSSR count). The lowest BCUT2D eigenvalue weighted by molar-refractivity contribution is -0.132. The molecule has 3 heterocycles. The number of hydrogen-bond acceptors (Lipinski definition) is 3. The van der Waals surface area contributed by atoms with Gasteiger partial charge in [-0.25, -0.2) is 0 Å². The number of fused-ring (bicyclic) bond motifs is 10. The van der Waals surface area contributed by atoms with Gasteiger partial charge in [-0.1, -0.05) is 42.5 Å². The summed E-state index contributed by atoms with van der Waals surface area (Å²) in [5.41, 5.74) is 8.88. The Kier molecular flexibility index (Phi) is 3.84. The number of aromatic nitrogens is 1. The average Bonchev–Trinajstić information content (AvgIpc) is 3.56. The van der Waals surface area contributed by atoms with Gasteiger partial charge >= 0.3 is 0 Å². The highest BCUT2D eigenvalue weighted by Gasteiger charge is 2.44. The number of para-hydroxylation sites is 1. The first kappa shape index (κ1) is 18.4. The third-order valence-corrected chi connectivity index (χ3v) is 7.37. The summed E-state index contributed by atoms with van der Waals surface area (Å²) in [6.07, 6.45) is 1.70. The van der Waals surface area contributed by atoms with Crippen molar-refractivity contribution in [2.24, 2.45) is 0 Å². The molecule has 1 fully saturated rings. The topological polar surface area (TPSA) is 63.3 Å². The number of carbonyl (C=O) groups is 1. The summed E-state index contributed by atoms with van der Waals surface area (Å²) in [5, 5.41) is 5.44. The Labute approximate surface area is 185 Å². The molecule has 2 aliphatic heterocycles. The van der Waals surface area contributed by atoms with Gasteiger partial charge in [0.15, 0.2) is 6.29 Å². The summed E-state index contributed by atoms with van der Waals surface area (Å²) in [6.45, 7) is 3.22. The van der Waals surface area contributed by atoms with Gasteiger partial charge in [0.1, 0.15) is 0 Å². The molecule has 1 aromatic heterocycles. The molecular formula is C27H24N2O3. The maximum Gasteiger partial charge on any atom is 0.252 e. The van der Waals surface area contributed by atoms with Crippen LogP contribution in [0.25, 0.3) is 32.9 Å². The van der Waals surface area contributed by atoms with E-state index in [0.29, 0.717) is 13.2 Å². The summed E-state index contributed by atoms with van der Waals surface area (Å²) >= 11 is 0. The summed E-state index contributed by atoms with van der Waals surface area (Å²) in [6, 6.07) is 16.9. The van der Waals surface area contributed by atoms with E-state index in [4.69, 9.17) is 9.47 Å². The Morgan fingerprint density at radius 1 is 1.06 bits per heavy atom. The number of carbonyl (C=O) groups excluding carboxylic acids is 1. The molecule has 0 saturated carbocycles. The number of H-pyrrole nitrogens is 1. The first-order chi connectivity index (χ1) is 15.8. The Morgan fingerprint density at radius 2 is 1.91 bits per heavy atom. The molecule has 3 aromatic carbocycles. The maximum absolute atomic E-state index is 13.1. The molecule has 160 valence electrons. The third kappa shape index (κ3) is 2.32. The monoisotopic (exact) mass is 424 g/mol. The lowest BCUT2D eigenvalue weighted by Gasteiger charge is -2.23. The van der Waals surface area contributed by atoms with Crippen LogP contribution in [0.15, 0.2) is 48.5 Å². The average molecular weight is 425 g/mol. The number of benzene rings is 3. The zero-order chi connectivity index (χ0) is 21.4. The number of rotatable bonds is 3. The molecule has 1 aliphatic carbocycles. The summed E-state index contributed by atoms with van der Waals surface area (Å²) in [7, 11) is 0. The minimum atomic E-state index is -0.155. The van der Waals surface area contributed by atoms with Crippen molar-refractivity contribution in [3.05, 3.63) is 70.8 Å². The quantitative estimate of drug-likeness (QED) is 0.474. The molecule has 3 atom stereocenters. The lowest BCUT2D eigenvalue weighted by Crippen LogP contribution is -2.21. The SMILES string of the molecule is CCOC1CCC(C2c3ccccc3-c3c4c(c5c([nH]c6ccccc65)c32)CNC4=O)O1. The Morgan fingerprint density at radius 3 is 2.81 bits per heavy atom. The minimum absolute atomic E-state index is 0.0195. The fourth-order valence-corrected chi connectivity index (χ4v) is 6.19. The van der Waals surface area contributed by atoms with Gasteiger partial charge in [0, 0.05) is 47.3 Å². The highest BCUT2D eigenvalue weighted by molar-refractivity contribution is 6.19. The zero-order valence-corrected chi connectivity index (χ0v) is 17.9. The van der Waals surface area contributed by atoms with Crippen molar-refractivity contribution in [2.75, 3.05) is 6.61 Å². The highest BCUT2D eigenvalue weighted by atomic mass is 16.7. The van der Waals surface area contributed by atoms with Gasteiger partial charge in [-0.15, -0.1) is 0 Å². The number of hydrogen-bond donors (Lipinski definition) is 2. The highest BCUT2D eigenvalue weighted by Crippen LogP contribution is 2.55. The van der Waals surface area contributed by atoms with Crippen LogP contribution in [0.5, 0.6) is 0 Å². The third-order valence-electron chi connectivity index (χ3n) is 7.37. The molecule has 32 heavy (non-hydrogen) atoms. The fourth-order valence-electron chi connectivity index (χ4n) is 6.19. The van der Waals surface area contributed by atoms with E-state index in [1.165, 1.54) is 21.9 Å². The molecule has 5 nitrogen and oxygen atoms in total. The summed E-state index contributed by atoms with van der Waals surface area (Å²) < 4.78 is 12.2. The van der Waals surface area contributed by atoms with Gasteiger partial charge in [-0.05, 0) is 41.7 Å². The van der Waals surface area contributed by atoms with Crippen molar-refractivity contribution < 1.29 is 14.3 Å². The van der Waals surface area contributed by atoms with Gasteiger partial charge in [-0.3, -0.25) is 4.79 Å². The molecular weight excluding hydrogens is 400 g/mol. The molecule has 3 aliphatic rings. The second kappa shape index (κ2) is 6.67. The number of amides is 1. The van der Waals surface area contributed by atoms with E-state index >= 15 is 0 Å². The first-order valence-corrected chi connectivity index (χ1v) is 11.5. The molecule has 3 unspecified atom stereocenters. The molecule has 2 N–H and O–H groups in total. The minimum Gasteiger partial charge on any atom is -0.354 e. The fraction of sp³-hybridized carbons (Fsp3) is 0.296.